The Bertz CT molecular complexity index is 438. The van der Waals surface area contributed by atoms with Crippen LogP contribution in [0, 0.1) is 0 Å². The smallest absolute Gasteiger partial charge is 0.221 e. The number of ether oxygens (including phenoxy) is 1. The minimum Gasteiger partial charge on any atom is -0.495 e. The van der Waals surface area contributed by atoms with Gasteiger partial charge in [-0.3, -0.25) is 4.79 Å². The van der Waals surface area contributed by atoms with Crippen molar-refractivity contribution in [3.8, 4) is 5.75 Å². The first kappa shape index (κ1) is 14.0. The van der Waals surface area contributed by atoms with Gasteiger partial charge in [0.05, 0.1) is 18.4 Å². The SMILES string of the molecule is COc1ccc(Br)c(C(C)(C)O)c1NC(C)=O. The van der Waals surface area contributed by atoms with Gasteiger partial charge in [-0.15, -0.1) is 0 Å². The predicted molar refractivity (Wildman–Crippen MR) is 70.2 cm³/mol. The molecular weight excluding hydrogens is 286 g/mol. The molecule has 1 rings (SSSR count). The zero-order valence-electron chi connectivity index (χ0n) is 10.3. The number of anilines is 1. The van der Waals surface area contributed by atoms with E-state index in [-0.39, 0.29) is 5.91 Å². The van der Waals surface area contributed by atoms with Gasteiger partial charge in [0.2, 0.25) is 5.91 Å². The lowest BCUT2D eigenvalue weighted by Gasteiger charge is -2.24. The lowest BCUT2D eigenvalue weighted by molar-refractivity contribution is -0.114. The third kappa shape index (κ3) is 3.20. The topological polar surface area (TPSA) is 58.6 Å². The number of nitrogens with one attached hydrogen (secondary N) is 1. The Morgan fingerprint density at radius 1 is 1.47 bits per heavy atom. The number of amides is 1. The quantitative estimate of drug-likeness (QED) is 0.902. The first-order chi connectivity index (χ1) is 7.77. The number of methoxy groups -OCH3 is 1. The van der Waals surface area contributed by atoms with E-state index < -0.39 is 5.60 Å². The van der Waals surface area contributed by atoms with E-state index in [0.717, 1.165) is 4.47 Å². The third-order valence-electron chi connectivity index (χ3n) is 2.25. The summed E-state index contributed by atoms with van der Waals surface area (Å²) in [7, 11) is 1.52. The second kappa shape index (κ2) is 5.06. The summed E-state index contributed by atoms with van der Waals surface area (Å²) < 4.78 is 5.91. The van der Waals surface area contributed by atoms with Gasteiger partial charge in [0.1, 0.15) is 5.75 Å². The van der Waals surface area contributed by atoms with Crippen molar-refractivity contribution in [2.45, 2.75) is 26.4 Å². The maximum absolute atomic E-state index is 11.2. The van der Waals surface area contributed by atoms with Crippen LogP contribution in [-0.2, 0) is 10.4 Å². The number of carbonyl (C=O) groups excluding carboxylic acids is 1. The molecule has 0 spiro atoms. The fourth-order valence-electron chi connectivity index (χ4n) is 1.63. The first-order valence-corrected chi connectivity index (χ1v) is 5.93. The van der Waals surface area contributed by atoms with E-state index in [9.17, 15) is 9.90 Å². The molecule has 0 bridgehead atoms. The average Bonchev–Trinajstić information content (AvgIpc) is 2.15. The fourth-order valence-corrected chi connectivity index (χ4v) is 2.44. The minimum absolute atomic E-state index is 0.216. The van der Waals surface area contributed by atoms with E-state index in [1.807, 2.05) is 0 Å². The van der Waals surface area contributed by atoms with Crippen LogP contribution in [-0.4, -0.2) is 18.1 Å². The first-order valence-electron chi connectivity index (χ1n) is 5.14. The Morgan fingerprint density at radius 3 is 2.47 bits per heavy atom. The molecule has 0 aliphatic carbocycles. The summed E-state index contributed by atoms with van der Waals surface area (Å²) in [6, 6.07) is 3.50. The largest absolute Gasteiger partial charge is 0.495 e. The highest BCUT2D eigenvalue weighted by Gasteiger charge is 2.26. The van der Waals surface area contributed by atoms with Gasteiger partial charge in [0.15, 0.2) is 0 Å². The van der Waals surface area contributed by atoms with E-state index in [4.69, 9.17) is 4.74 Å². The van der Waals surface area contributed by atoms with Gasteiger partial charge in [-0.25, -0.2) is 0 Å². The lowest BCUT2D eigenvalue weighted by Crippen LogP contribution is -2.21. The summed E-state index contributed by atoms with van der Waals surface area (Å²) in [4.78, 5) is 11.2. The molecule has 0 aromatic heterocycles. The molecule has 0 atom stereocenters. The van der Waals surface area contributed by atoms with Crippen molar-refractivity contribution in [2.24, 2.45) is 0 Å². The Kier molecular flexibility index (Phi) is 4.16. The number of aliphatic hydroxyl groups is 1. The monoisotopic (exact) mass is 301 g/mol. The molecule has 94 valence electrons. The summed E-state index contributed by atoms with van der Waals surface area (Å²) in [5.74, 6) is 0.299. The Hall–Kier alpha value is -1.07. The van der Waals surface area contributed by atoms with Crippen molar-refractivity contribution in [1.29, 1.82) is 0 Å². The van der Waals surface area contributed by atoms with E-state index in [0.29, 0.717) is 17.0 Å². The van der Waals surface area contributed by atoms with Crippen molar-refractivity contribution >= 4 is 27.5 Å². The van der Waals surface area contributed by atoms with Crippen molar-refractivity contribution in [2.75, 3.05) is 12.4 Å². The molecule has 5 heteroatoms. The molecule has 0 radical (unpaired) electrons. The van der Waals surface area contributed by atoms with Gasteiger partial charge in [0.25, 0.3) is 0 Å². The van der Waals surface area contributed by atoms with Crippen molar-refractivity contribution in [3.05, 3.63) is 22.2 Å². The van der Waals surface area contributed by atoms with Crippen LogP contribution in [0.2, 0.25) is 0 Å². The molecule has 2 N–H and O–H groups in total. The number of halogens is 1. The summed E-state index contributed by atoms with van der Waals surface area (Å²) in [5.41, 5.74) is -0.0144. The molecule has 0 aliphatic rings. The van der Waals surface area contributed by atoms with Crippen molar-refractivity contribution in [3.63, 3.8) is 0 Å². The Balaban J connectivity index is 3.48. The van der Waals surface area contributed by atoms with Crippen LogP contribution in [0.3, 0.4) is 0 Å². The highest BCUT2D eigenvalue weighted by atomic mass is 79.9. The maximum atomic E-state index is 11.2. The van der Waals surface area contributed by atoms with Crippen LogP contribution in [0.1, 0.15) is 26.3 Å². The second-order valence-corrected chi connectivity index (χ2v) is 5.09. The molecule has 1 aromatic rings. The van der Waals surface area contributed by atoms with Crippen LogP contribution in [0.5, 0.6) is 5.75 Å². The van der Waals surface area contributed by atoms with Crippen LogP contribution < -0.4 is 10.1 Å². The molecule has 0 saturated heterocycles. The zero-order chi connectivity index (χ0) is 13.2. The number of rotatable bonds is 3. The summed E-state index contributed by atoms with van der Waals surface area (Å²) in [6.45, 7) is 4.71. The number of hydrogen-bond acceptors (Lipinski definition) is 3. The Morgan fingerprint density at radius 2 is 2.06 bits per heavy atom. The van der Waals surface area contributed by atoms with E-state index in [1.165, 1.54) is 14.0 Å². The molecule has 1 amide bonds. The van der Waals surface area contributed by atoms with Crippen molar-refractivity contribution < 1.29 is 14.6 Å². The van der Waals surface area contributed by atoms with Gasteiger partial charge < -0.3 is 15.2 Å². The van der Waals surface area contributed by atoms with Gasteiger partial charge in [-0.1, -0.05) is 15.9 Å². The number of carbonyl (C=O) groups is 1. The molecule has 0 unspecified atom stereocenters. The normalized spacial score (nSPS) is 11.2. The minimum atomic E-state index is -1.09. The summed E-state index contributed by atoms with van der Waals surface area (Å²) in [6.07, 6.45) is 0. The fraction of sp³-hybridized carbons (Fsp3) is 0.417. The molecule has 0 saturated carbocycles. The van der Waals surface area contributed by atoms with Crippen LogP contribution in [0.4, 0.5) is 5.69 Å². The number of benzene rings is 1. The zero-order valence-corrected chi connectivity index (χ0v) is 11.9. The molecule has 0 fully saturated rings. The second-order valence-electron chi connectivity index (χ2n) is 4.24. The molecule has 0 aliphatic heterocycles. The highest BCUT2D eigenvalue weighted by molar-refractivity contribution is 9.10. The predicted octanol–water partition coefficient (Wildman–Crippen LogP) is 2.64. The van der Waals surface area contributed by atoms with Gasteiger partial charge in [0, 0.05) is 17.0 Å². The van der Waals surface area contributed by atoms with E-state index in [2.05, 4.69) is 21.2 Å². The van der Waals surface area contributed by atoms with Gasteiger partial charge >= 0.3 is 0 Å². The van der Waals surface area contributed by atoms with Crippen molar-refractivity contribution in [1.82, 2.24) is 0 Å². The third-order valence-corrected chi connectivity index (χ3v) is 2.91. The summed E-state index contributed by atoms with van der Waals surface area (Å²) >= 11 is 3.37. The van der Waals surface area contributed by atoms with Crippen LogP contribution in [0.15, 0.2) is 16.6 Å². The molecule has 0 heterocycles. The summed E-state index contributed by atoms with van der Waals surface area (Å²) in [5, 5.41) is 12.8. The average molecular weight is 302 g/mol. The van der Waals surface area contributed by atoms with Crippen LogP contribution >= 0.6 is 15.9 Å². The van der Waals surface area contributed by atoms with Crippen LogP contribution in [0.25, 0.3) is 0 Å². The van der Waals surface area contributed by atoms with Gasteiger partial charge in [-0.2, -0.15) is 0 Å². The van der Waals surface area contributed by atoms with Gasteiger partial charge in [-0.05, 0) is 26.0 Å². The lowest BCUT2D eigenvalue weighted by atomic mass is 9.96. The van der Waals surface area contributed by atoms with E-state index >= 15 is 0 Å². The molecule has 4 nitrogen and oxygen atoms in total. The molecule has 17 heavy (non-hydrogen) atoms. The molecular formula is C12H16BrNO3. The van der Waals surface area contributed by atoms with E-state index in [1.54, 1.807) is 26.0 Å². The highest BCUT2D eigenvalue weighted by Crippen LogP contribution is 2.40. The standard InChI is InChI=1S/C12H16BrNO3/c1-7(15)14-11-9(17-4)6-5-8(13)10(11)12(2,3)16/h5-6,16H,1-4H3,(H,14,15). The molecule has 1 aromatic carbocycles. The number of hydrogen-bond donors (Lipinski definition) is 2. The Labute approximate surface area is 109 Å². The maximum Gasteiger partial charge on any atom is 0.221 e.